The maximum Gasteiger partial charge on any atom is 0.345 e. The van der Waals surface area contributed by atoms with Crippen LogP contribution < -0.4 is 10.6 Å². The van der Waals surface area contributed by atoms with E-state index >= 15 is 0 Å². The molecular weight excluding hydrogens is 268 g/mol. The lowest BCUT2D eigenvalue weighted by molar-refractivity contribution is -0.120. The van der Waals surface area contributed by atoms with Gasteiger partial charge in [0.05, 0.1) is 13.2 Å². The highest BCUT2D eigenvalue weighted by molar-refractivity contribution is 7.14. The van der Waals surface area contributed by atoms with Crippen molar-refractivity contribution in [2.75, 3.05) is 26.8 Å². The maximum absolute atomic E-state index is 11.4. The minimum Gasteiger partial charge on any atom is -0.477 e. The van der Waals surface area contributed by atoms with Crippen LogP contribution >= 0.6 is 11.3 Å². The summed E-state index contributed by atoms with van der Waals surface area (Å²) in [5.41, 5.74) is 0.909. The fourth-order valence-corrected chi connectivity index (χ4v) is 2.35. The van der Waals surface area contributed by atoms with Gasteiger partial charge in [0, 0.05) is 25.1 Å². The Morgan fingerprint density at radius 1 is 1.47 bits per heavy atom. The zero-order valence-electron chi connectivity index (χ0n) is 11.0. The number of ether oxygens (including phenoxy) is 1. The van der Waals surface area contributed by atoms with Gasteiger partial charge in [-0.3, -0.25) is 4.79 Å². The van der Waals surface area contributed by atoms with Gasteiger partial charge >= 0.3 is 5.97 Å². The number of methoxy groups -OCH3 is 1. The molecule has 0 saturated heterocycles. The summed E-state index contributed by atoms with van der Waals surface area (Å²) in [6, 6.07) is 1.64. The number of carbonyl (C=O) groups excluding carboxylic acids is 1. The lowest BCUT2D eigenvalue weighted by Gasteiger charge is -2.06. The summed E-state index contributed by atoms with van der Waals surface area (Å²) < 4.78 is 4.82. The smallest absolute Gasteiger partial charge is 0.345 e. The quantitative estimate of drug-likeness (QED) is 0.609. The molecule has 0 aliphatic carbocycles. The van der Waals surface area contributed by atoms with Crippen LogP contribution in [0.1, 0.15) is 20.1 Å². The summed E-state index contributed by atoms with van der Waals surface area (Å²) in [5.74, 6) is -1.03. The molecule has 0 unspecified atom stereocenters. The van der Waals surface area contributed by atoms with E-state index in [-0.39, 0.29) is 12.5 Å². The lowest BCUT2D eigenvalue weighted by Crippen LogP contribution is -2.35. The molecule has 0 saturated carbocycles. The van der Waals surface area contributed by atoms with Crippen molar-refractivity contribution in [3.8, 4) is 0 Å². The molecule has 1 aromatic heterocycles. The first-order valence-corrected chi connectivity index (χ1v) is 6.65. The van der Waals surface area contributed by atoms with Gasteiger partial charge < -0.3 is 20.5 Å². The van der Waals surface area contributed by atoms with Gasteiger partial charge in [0.2, 0.25) is 5.91 Å². The van der Waals surface area contributed by atoms with Crippen LogP contribution in [0, 0.1) is 6.92 Å². The number of amides is 1. The molecule has 106 valence electrons. The minimum atomic E-state index is -0.920. The fraction of sp³-hybridized carbons (Fsp3) is 0.500. The first kappa shape index (κ1) is 15.6. The topological polar surface area (TPSA) is 87.7 Å². The second-order valence-corrected chi connectivity index (χ2v) is 5.20. The van der Waals surface area contributed by atoms with Crippen molar-refractivity contribution >= 4 is 23.2 Å². The van der Waals surface area contributed by atoms with Crippen molar-refractivity contribution in [3.63, 3.8) is 0 Å². The summed E-state index contributed by atoms with van der Waals surface area (Å²) in [6.07, 6.45) is 0. The summed E-state index contributed by atoms with van der Waals surface area (Å²) >= 11 is 1.24. The van der Waals surface area contributed by atoms with Crippen LogP contribution in [0.4, 0.5) is 0 Å². The molecule has 1 amide bonds. The summed E-state index contributed by atoms with van der Waals surface area (Å²) in [6.45, 7) is 3.51. The van der Waals surface area contributed by atoms with Crippen LogP contribution in [0.25, 0.3) is 0 Å². The Hall–Kier alpha value is -1.44. The van der Waals surface area contributed by atoms with E-state index in [9.17, 15) is 9.59 Å². The summed E-state index contributed by atoms with van der Waals surface area (Å²) in [4.78, 5) is 23.5. The molecule has 3 N–H and O–H groups in total. The van der Waals surface area contributed by atoms with E-state index in [4.69, 9.17) is 9.84 Å². The molecule has 0 atom stereocenters. The predicted octanol–water partition coefficient (Wildman–Crippen LogP) is 0.607. The molecule has 0 aliphatic rings. The SMILES string of the molecule is COCCNC(=O)CNCc1cc(C(=O)O)sc1C. The molecule has 0 aliphatic heterocycles. The van der Waals surface area contributed by atoms with Gasteiger partial charge in [-0.15, -0.1) is 11.3 Å². The molecular formula is C12H18N2O4S. The van der Waals surface area contributed by atoms with E-state index < -0.39 is 5.97 Å². The molecule has 0 radical (unpaired) electrons. The number of carbonyl (C=O) groups is 2. The Balaban J connectivity index is 2.33. The second-order valence-electron chi connectivity index (χ2n) is 3.94. The molecule has 6 nitrogen and oxygen atoms in total. The average Bonchev–Trinajstić information content (AvgIpc) is 2.72. The average molecular weight is 286 g/mol. The first-order valence-electron chi connectivity index (χ1n) is 5.83. The number of aryl methyl sites for hydroxylation is 1. The number of thiophene rings is 1. The third-order valence-corrected chi connectivity index (χ3v) is 3.54. The largest absolute Gasteiger partial charge is 0.477 e. The number of hydrogen-bond donors (Lipinski definition) is 3. The van der Waals surface area contributed by atoms with E-state index in [2.05, 4.69) is 10.6 Å². The molecule has 0 aromatic carbocycles. The zero-order chi connectivity index (χ0) is 14.3. The van der Waals surface area contributed by atoms with Crippen molar-refractivity contribution in [1.29, 1.82) is 0 Å². The standard InChI is InChI=1S/C12H18N2O4S/c1-8-9(5-10(19-8)12(16)17)6-13-7-11(15)14-3-4-18-2/h5,13H,3-4,6-7H2,1-2H3,(H,14,15)(H,16,17). The Kier molecular flexibility index (Phi) is 6.48. The summed E-state index contributed by atoms with van der Waals surface area (Å²) in [5, 5.41) is 14.5. The van der Waals surface area contributed by atoms with E-state index in [1.807, 2.05) is 6.92 Å². The van der Waals surface area contributed by atoms with Gasteiger partial charge in [-0.05, 0) is 18.6 Å². The number of carboxylic acids is 1. The predicted molar refractivity (Wildman–Crippen MR) is 72.6 cm³/mol. The molecule has 0 fully saturated rings. The lowest BCUT2D eigenvalue weighted by atomic mass is 10.2. The highest BCUT2D eigenvalue weighted by atomic mass is 32.1. The van der Waals surface area contributed by atoms with E-state index in [0.717, 1.165) is 10.4 Å². The Labute approximate surface area is 115 Å². The molecule has 1 heterocycles. The Bertz CT molecular complexity index is 445. The summed E-state index contributed by atoms with van der Waals surface area (Å²) in [7, 11) is 1.57. The van der Waals surface area contributed by atoms with Gasteiger partial charge in [-0.1, -0.05) is 0 Å². The van der Waals surface area contributed by atoms with Crippen LogP contribution in [-0.2, 0) is 16.1 Å². The molecule has 1 rings (SSSR count). The third kappa shape index (κ3) is 5.37. The highest BCUT2D eigenvalue weighted by Crippen LogP contribution is 2.21. The van der Waals surface area contributed by atoms with Crippen molar-refractivity contribution in [1.82, 2.24) is 10.6 Å². The van der Waals surface area contributed by atoms with Crippen LogP contribution in [0.3, 0.4) is 0 Å². The molecule has 7 heteroatoms. The number of nitrogens with one attached hydrogen (secondary N) is 2. The van der Waals surface area contributed by atoms with Crippen LogP contribution in [0.5, 0.6) is 0 Å². The minimum absolute atomic E-state index is 0.108. The van der Waals surface area contributed by atoms with Crippen LogP contribution in [0.15, 0.2) is 6.07 Å². The third-order valence-electron chi connectivity index (χ3n) is 2.46. The number of hydrogen-bond acceptors (Lipinski definition) is 5. The zero-order valence-corrected chi connectivity index (χ0v) is 11.8. The Morgan fingerprint density at radius 3 is 2.79 bits per heavy atom. The molecule has 0 bridgehead atoms. The number of carboxylic acid groups (broad SMARTS) is 1. The normalized spacial score (nSPS) is 10.4. The highest BCUT2D eigenvalue weighted by Gasteiger charge is 2.10. The van der Waals surface area contributed by atoms with E-state index in [1.165, 1.54) is 11.3 Å². The number of rotatable bonds is 8. The molecule has 0 spiro atoms. The molecule has 1 aromatic rings. The van der Waals surface area contributed by atoms with Gasteiger partial charge in [-0.2, -0.15) is 0 Å². The Morgan fingerprint density at radius 2 is 2.21 bits per heavy atom. The van der Waals surface area contributed by atoms with Crippen LogP contribution in [0.2, 0.25) is 0 Å². The fourth-order valence-electron chi connectivity index (χ4n) is 1.47. The second kappa shape index (κ2) is 7.88. The first-order chi connectivity index (χ1) is 9.04. The van der Waals surface area contributed by atoms with Crippen molar-refractivity contribution < 1.29 is 19.4 Å². The number of aromatic carboxylic acids is 1. The van der Waals surface area contributed by atoms with Crippen molar-refractivity contribution in [2.45, 2.75) is 13.5 Å². The molecule has 19 heavy (non-hydrogen) atoms. The van der Waals surface area contributed by atoms with Gasteiger partial charge in [0.1, 0.15) is 4.88 Å². The van der Waals surface area contributed by atoms with E-state index in [1.54, 1.807) is 13.2 Å². The van der Waals surface area contributed by atoms with Gasteiger partial charge in [-0.25, -0.2) is 4.79 Å². The van der Waals surface area contributed by atoms with E-state index in [0.29, 0.717) is 24.6 Å². The van der Waals surface area contributed by atoms with Gasteiger partial charge in [0.15, 0.2) is 0 Å². The van der Waals surface area contributed by atoms with Gasteiger partial charge in [0.25, 0.3) is 0 Å². The van der Waals surface area contributed by atoms with Crippen molar-refractivity contribution in [3.05, 3.63) is 21.4 Å². The monoisotopic (exact) mass is 286 g/mol. The van der Waals surface area contributed by atoms with Crippen molar-refractivity contribution in [2.24, 2.45) is 0 Å². The maximum atomic E-state index is 11.4. The van der Waals surface area contributed by atoms with Crippen LogP contribution in [-0.4, -0.2) is 43.8 Å².